The number of urea groups is 1. The standard InChI is InChI=1S/C21H26N2O5/c1-4-26-19-10-9-16(13-20(19)27-5-2)11-12-22-21(25)23-17-7-6-8-18(14-17)28-15(3)24/h6-10,13-14H,4-5,11-12H2,1-3H3,(H2,22,23,25). The highest BCUT2D eigenvalue weighted by Gasteiger charge is 2.07. The number of benzene rings is 2. The molecule has 0 saturated heterocycles. The van der Waals surface area contributed by atoms with Crippen molar-refractivity contribution in [2.24, 2.45) is 0 Å². The summed E-state index contributed by atoms with van der Waals surface area (Å²) in [5, 5.41) is 5.51. The molecule has 28 heavy (non-hydrogen) atoms. The van der Waals surface area contributed by atoms with E-state index in [0.717, 1.165) is 5.56 Å². The fourth-order valence-corrected chi connectivity index (χ4v) is 2.55. The van der Waals surface area contributed by atoms with E-state index >= 15 is 0 Å². The highest BCUT2D eigenvalue weighted by molar-refractivity contribution is 5.89. The van der Waals surface area contributed by atoms with E-state index in [0.29, 0.717) is 49.1 Å². The molecule has 0 spiro atoms. The van der Waals surface area contributed by atoms with Gasteiger partial charge in [-0.1, -0.05) is 12.1 Å². The second-order valence-corrected chi connectivity index (χ2v) is 5.90. The highest BCUT2D eigenvalue weighted by Crippen LogP contribution is 2.28. The molecule has 0 bridgehead atoms. The third-order valence-corrected chi connectivity index (χ3v) is 3.66. The van der Waals surface area contributed by atoms with E-state index in [9.17, 15) is 9.59 Å². The van der Waals surface area contributed by atoms with Crippen molar-refractivity contribution in [3.63, 3.8) is 0 Å². The Hall–Kier alpha value is -3.22. The Balaban J connectivity index is 1.86. The van der Waals surface area contributed by atoms with Crippen LogP contribution in [0.5, 0.6) is 17.2 Å². The molecule has 0 radical (unpaired) electrons. The number of esters is 1. The number of carbonyl (C=O) groups excluding carboxylic acids is 2. The van der Waals surface area contributed by atoms with Gasteiger partial charge in [-0.3, -0.25) is 4.79 Å². The molecule has 2 rings (SSSR count). The van der Waals surface area contributed by atoms with Gasteiger partial charge >= 0.3 is 12.0 Å². The molecule has 7 nitrogen and oxygen atoms in total. The van der Waals surface area contributed by atoms with Crippen molar-refractivity contribution in [2.45, 2.75) is 27.2 Å². The molecule has 0 heterocycles. The average molecular weight is 386 g/mol. The van der Waals surface area contributed by atoms with Crippen LogP contribution in [0.3, 0.4) is 0 Å². The molecule has 0 aromatic heterocycles. The zero-order valence-electron chi connectivity index (χ0n) is 16.4. The number of hydrogen-bond acceptors (Lipinski definition) is 5. The Bertz CT molecular complexity index is 807. The first-order chi connectivity index (χ1) is 13.5. The van der Waals surface area contributed by atoms with E-state index in [1.807, 2.05) is 32.0 Å². The molecule has 0 atom stereocenters. The smallest absolute Gasteiger partial charge is 0.319 e. The summed E-state index contributed by atoms with van der Waals surface area (Å²) in [7, 11) is 0. The number of nitrogens with one attached hydrogen (secondary N) is 2. The Labute approximate surface area is 165 Å². The minimum atomic E-state index is -0.414. The molecule has 0 fully saturated rings. The van der Waals surface area contributed by atoms with Crippen LogP contribution in [0.4, 0.5) is 10.5 Å². The quantitative estimate of drug-likeness (QED) is 0.506. The van der Waals surface area contributed by atoms with E-state index in [1.165, 1.54) is 6.92 Å². The van der Waals surface area contributed by atoms with Gasteiger partial charge in [0.05, 0.1) is 13.2 Å². The van der Waals surface area contributed by atoms with Gasteiger partial charge in [-0.2, -0.15) is 0 Å². The van der Waals surface area contributed by atoms with Gasteiger partial charge in [-0.25, -0.2) is 4.79 Å². The number of amides is 2. The molecule has 0 aliphatic rings. The third-order valence-electron chi connectivity index (χ3n) is 3.66. The van der Waals surface area contributed by atoms with E-state index in [2.05, 4.69) is 10.6 Å². The lowest BCUT2D eigenvalue weighted by Gasteiger charge is -2.13. The molecule has 0 aliphatic carbocycles. The number of ether oxygens (including phenoxy) is 3. The maximum absolute atomic E-state index is 12.1. The van der Waals surface area contributed by atoms with Crippen LogP contribution < -0.4 is 24.8 Å². The second kappa shape index (κ2) is 10.8. The van der Waals surface area contributed by atoms with Crippen LogP contribution in [0, 0.1) is 0 Å². The number of rotatable bonds is 9. The van der Waals surface area contributed by atoms with E-state index in [4.69, 9.17) is 14.2 Å². The predicted octanol–water partition coefficient (Wildman–Crippen LogP) is 3.77. The average Bonchev–Trinajstić information content (AvgIpc) is 2.64. The second-order valence-electron chi connectivity index (χ2n) is 5.90. The Kier molecular flexibility index (Phi) is 8.14. The summed E-state index contributed by atoms with van der Waals surface area (Å²) < 4.78 is 16.2. The van der Waals surface area contributed by atoms with Crippen LogP contribution in [-0.2, 0) is 11.2 Å². The van der Waals surface area contributed by atoms with Gasteiger partial charge in [0, 0.05) is 25.2 Å². The topological polar surface area (TPSA) is 85.9 Å². The summed E-state index contributed by atoms with van der Waals surface area (Å²) in [5.41, 5.74) is 1.57. The molecule has 0 aliphatic heterocycles. The first kappa shape index (κ1) is 21.1. The summed E-state index contributed by atoms with van der Waals surface area (Å²) in [6.07, 6.45) is 0.646. The van der Waals surface area contributed by atoms with E-state index < -0.39 is 5.97 Å². The lowest BCUT2D eigenvalue weighted by atomic mass is 10.1. The van der Waals surface area contributed by atoms with Crippen LogP contribution >= 0.6 is 0 Å². The third kappa shape index (κ3) is 6.83. The van der Waals surface area contributed by atoms with Crippen LogP contribution in [0.2, 0.25) is 0 Å². The summed E-state index contributed by atoms with van der Waals surface area (Å²) in [4.78, 5) is 23.1. The van der Waals surface area contributed by atoms with Crippen LogP contribution in [0.1, 0.15) is 26.3 Å². The summed E-state index contributed by atoms with van der Waals surface area (Å²) >= 11 is 0. The van der Waals surface area contributed by atoms with Gasteiger partial charge in [-0.15, -0.1) is 0 Å². The van der Waals surface area contributed by atoms with Gasteiger partial charge in [0.15, 0.2) is 11.5 Å². The van der Waals surface area contributed by atoms with Crippen molar-refractivity contribution < 1.29 is 23.8 Å². The normalized spacial score (nSPS) is 10.1. The fourth-order valence-electron chi connectivity index (χ4n) is 2.55. The predicted molar refractivity (Wildman–Crippen MR) is 107 cm³/mol. The van der Waals surface area contributed by atoms with Crippen molar-refractivity contribution >= 4 is 17.7 Å². The minimum absolute atomic E-state index is 0.337. The largest absolute Gasteiger partial charge is 0.490 e. The molecule has 0 saturated carbocycles. The van der Waals surface area contributed by atoms with Gasteiger partial charge in [0.25, 0.3) is 0 Å². The Morgan fingerprint density at radius 2 is 1.71 bits per heavy atom. The van der Waals surface area contributed by atoms with Gasteiger partial charge in [0.2, 0.25) is 0 Å². The van der Waals surface area contributed by atoms with E-state index in [1.54, 1.807) is 24.3 Å². The molecule has 2 aromatic rings. The lowest BCUT2D eigenvalue weighted by Crippen LogP contribution is -2.30. The zero-order chi connectivity index (χ0) is 20.4. The number of anilines is 1. The molecule has 150 valence electrons. The summed E-state index contributed by atoms with van der Waals surface area (Å²) in [6, 6.07) is 12.1. The number of hydrogen-bond donors (Lipinski definition) is 2. The van der Waals surface area contributed by atoms with Crippen LogP contribution in [0.25, 0.3) is 0 Å². The maximum atomic E-state index is 12.1. The van der Waals surface area contributed by atoms with Gasteiger partial charge in [0.1, 0.15) is 5.75 Å². The molecule has 7 heteroatoms. The van der Waals surface area contributed by atoms with Crippen LogP contribution in [0.15, 0.2) is 42.5 Å². The molecular formula is C21H26N2O5. The van der Waals surface area contributed by atoms with Crippen molar-refractivity contribution in [1.82, 2.24) is 5.32 Å². The molecule has 0 unspecified atom stereocenters. The van der Waals surface area contributed by atoms with Crippen molar-refractivity contribution in [3.8, 4) is 17.2 Å². The fraction of sp³-hybridized carbons (Fsp3) is 0.333. The summed E-state index contributed by atoms with van der Waals surface area (Å²) in [6.45, 7) is 6.74. The highest BCUT2D eigenvalue weighted by atomic mass is 16.5. The Morgan fingerprint density at radius 3 is 2.43 bits per heavy atom. The molecule has 2 amide bonds. The first-order valence-electron chi connectivity index (χ1n) is 9.23. The molecular weight excluding hydrogens is 360 g/mol. The van der Waals surface area contributed by atoms with Gasteiger partial charge in [-0.05, 0) is 50.1 Å². The SMILES string of the molecule is CCOc1ccc(CCNC(=O)Nc2cccc(OC(C)=O)c2)cc1OCC. The van der Waals surface area contributed by atoms with Crippen molar-refractivity contribution in [3.05, 3.63) is 48.0 Å². The van der Waals surface area contributed by atoms with E-state index in [-0.39, 0.29) is 6.03 Å². The first-order valence-corrected chi connectivity index (χ1v) is 9.23. The monoisotopic (exact) mass is 386 g/mol. The Morgan fingerprint density at radius 1 is 0.964 bits per heavy atom. The zero-order valence-corrected chi connectivity index (χ0v) is 16.4. The van der Waals surface area contributed by atoms with Crippen molar-refractivity contribution in [1.29, 1.82) is 0 Å². The summed E-state index contributed by atoms with van der Waals surface area (Å²) in [5.74, 6) is 1.38. The minimum Gasteiger partial charge on any atom is -0.490 e. The van der Waals surface area contributed by atoms with Gasteiger partial charge < -0.3 is 24.8 Å². The van der Waals surface area contributed by atoms with Crippen LogP contribution in [-0.4, -0.2) is 31.8 Å². The lowest BCUT2D eigenvalue weighted by molar-refractivity contribution is -0.131. The molecule has 2 aromatic carbocycles. The number of carbonyl (C=O) groups is 2. The van der Waals surface area contributed by atoms with Crippen molar-refractivity contribution in [2.75, 3.05) is 25.1 Å². The maximum Gasteiger partial charge on any atom is 0.319 e. The molecule has 2 N–H and O–H groups in total.